The van der Waals surface area contributed by atoms with Crippen LogP contribution in [0.15, 0.2) is 53.6 Å². The number of nitrogens with zero attached hydrogens (tertiary/aromatic N) is 4. The summed E-state index contributed by atoms with van der Waals surface area (Å²) in [6.07, 6.45) is 3.26. The molecular formula is C24H23N7O2S. The van der Waals surface area contributed by atoms with Gasteiger partial charge in [-0.2, -0.15) is 0 Å². The second-order valence-electron chi connectivity index (χ2n) is 7.84. The lowest BCUT2D eigenvalue weighted by Crippen LogP contribution is -2.29. The molecule has 1 amide bonds. The van der Waals surface area contributed by atoms with Gasteiger partial charge in [0.25, 0.3) is 5.91 Å². The minimum atomic E-state index is -0.449. The van der Waals surface area contributed by atoms with Crippen LogP contribution in [0.1, 0.15) is 21.7 Å². The third kappa shape index (κ3) is 3.97. The van der Waals surface area contributed by atoms with Crippen molar-refractivity contribution >= 4 is 49.1 Å². The number of hydrogen-bond donors (Lipinski definition) is 3. The highest BCUT2D eigenvalue weighted by molar-refractivity contribution is 7.24. The highest BCUT2D eigenvalue weighted by Gasteiger charge is 2.22. The van der Waals surface area contributed by atoms with Crippen LogP contribution in [0.25, 0.3) is 26.1 Å². The lowest BCUT2D eigenvalue weighted by atomic mass is 10.1. The normalized spacial score (nSPS) is 11.4. The molecule has 0 aliphatic heterocycles. The lowest BCUT2D eigenvalue weighted by molar-refractivity contribution is 0.0951. The van der Waals surface area contributed by atoms with Crippen molar-refractivity contribution < 1.29 is 4.79 Å². The molecule has 0 saturated heterocycles. The van der Waals surface area contributed by atoms with Gasteiger partial charge in [0, 0.05) is 19.3 Å². The Bertz CT molecular complexity index is 1570. The average Bonchev–Trinajstić information content (AvgIpc) is 3.23. The van der Waals surface area contributed by atoms with E-state index in [2.05, 4.69) is 25.9 Å². The van der Waals surface area contributed by atoms with Gasteiger partial charge in [0.2, 0.25) is 5.43 Å². The SMILES string of the molecule is CNCCNc1ccc2c(=O)c(C(=O)NCc3cnc(C)cn3)c3sc4ccccc4n3c2n1. The Kier molecular flexibility index (Phi) is 5.91. The first-order chi connectivity index (χ1) is 16.6. The van der Waals surface area contributed by atoms with Gasteiger partial charge in [0.15, 0.2) is 5.65 Å². The lowest BCUT2D eigenvalue weighted by Gasteiger charge is -2.11. The van der Waals surface area contributed by atoms with Gasteiger partial charge < -0.3 is 16.0 Å². The van der Waals surface area contributed by atoms with Crippen molar-refractivity contribution in [2.45, 2.75) is 13.5 Å². The number of fused-ring (bicyclic) bond motifs is 5. The molecule has 0 saturated carbocycles. The van der Waals surface area contributed by atoms with Gasteiger partial charge in [0.05, 0.1) is 39.7 Å². The van der Waals surface area contributed by atoms with Crippen LogP contribution in [0.5, 0.6) is 0 Å². The van der Waals surface area contributed by atoms with Gasteiger partial charge >= 0.3 is 0 Å². The number of para-hydroxylation sites is 1. The van der Waals surface area contributed by atoms with Crippen molar-refractivity contribution in [3.63, 3.8) is 0 Å². The molecule has 0 atom stereocenters. The number of aryl methyl sites for hydroxylation is 1. The molecule has 3 N–H and O–H groups in total. The van der Waals surface area contributed by atoms with Crippen molar-refractivity contribution in [1.29, 1.82) is 0 Å². The third-order valence-electron chi connectivity index (χ3n) is 5.46. The Labute approximate surface area is 198 Å². The summed E-state index contributed by atoms with van der Waals surface area (Å²) in [5.74, 6) is 0.218. The summed E-state index contributed by atoms with van der Waals surface area (Å²) in [6, 6.07) is 11.3. The highest BCUT2D eigenvalue weighted by Crippen LogP contribution is 2.31. The zero-order chi connectivity index (χ0) is 23.7. The van der Waals surface area contributed by atoms with Crippen LogP contribution in [0.3, 0.4) is 0 Å². The van der Waals surface area contributed by atoms with Gasteiger partial charge in [-0.1, -0.05) is 12.1 Å². The van der Waals surface area contributed by atoms with Gasteiger partial charge in [-0.15, -0.1) is 11.3 Å². The molecule has 0 radical (unpaired) electrons. The van der Waals surface area contributed by atoms with Crippen LogP contribution < -0.4 is 21.4 Å². The molecule has 0 aliphatic rings. The number of rotatable bonds is 7. The van der Waals surface area contributed by atoms with Crippen molar-refractivity contribution in [1.82, 2.24) is 30.0 Å². The zero-order valence-electron chi connectivity index (χ0n) is 18.8. The first kappa shape index (κ1) is 21.9. The summed E-state index contributed by atoms with van der Waals surface area (Å²) in [4.78, 5) is 40.6. The zero-order valence-corrected chi connectivity index (χ0v) is 19.6. The number of anilines is 1. The van der Waals surface area contributed by atoms with E-state index in [9.17, 15) is 9.59 Å². The minimum absolute atomic E-state index is 0.103. The fourth-order valence-electron chi connectivity index (χ4n) is 3.77. The average molecular weight is 474 g/mol. The monoisotopic (exact) mass is 473 g/mol. The molecule has 0 unspecified atom stereocenters. The number of carbonyl (C=O) groups excluding carboxylic acids is 1. The number of benzene rings is 1. The second-order valence-corrected chi connectivity index (χ2v) is 8.87. The number of pyridine rings is 2. The van der Waals surface area contributed by atoms with E-state index in [1.807, 2.05) is 42.6 Å². The van der Waals surface area contributed by atoms with E-state index in [0.717, 1.165) is 22.5 Å². The molecule has 10 heteroatoms. The third-order valence-corrected chi connectivity index (χ3v) is 6.61. The Balaban J connectivity index is 1.64. The smallest absolute Gasteiger partial charge is 0.258 e. The number of thiazole rings is 1. The number of aromatic nitrogens is 4. The Morgan fingerprint density at radius 3 is 2.74 bits per heavy atom. The van der Waals surface area contributed by atoms with E-state index >= 15 is 0 Å². The molecule has 9 nitrogen and oxygen atoms in total. The van der Waals surface area contributed by atoms with E-state index in [-0.39, 0.29) is 17.5 Å². The molecule has 1 aromatic carbocycles. The summed E-state index contributed by atoms with van der Waals surface area (Å²) in [5.41, 5.74) is 2.59. The summed E-state index contributed by atoms with van der Waals surface area (Å²) >= 11 is 1.40. The van der Waals surface area contributed by atoms with Crippen LogP contribution in [-0.4, -0.2) is 45.4 Å². The van der Waals surface area contributed by atoms with Gasteiger partial charge in [-0.25, -0.2) is 4.98 Å². The van der Waals surface area contributed by atoms with E-state index in [4.69, 9.17) is 4.98 Å². The maximum absolute atomic E-state index is 13.5. The molecule has 0 aliphatic carbocycles. The standard InChI is InChI=1S/C24H23N7O2S/c1-14-11-28-15(12-27-14)13-29-23(33)20-21(32)16-7-8-19(26-10-9-25-2)30-22(16)31-17-5-3-4-6-18(17)34-24(20)31/h3-8,11-12,25H,9-10,13H2,1-2H3,(H,26,30)(H,29,33). The topological polar surface area (TPSA) is 113 Å². The number of nitrogens with one attached hydrogen (secondary N) is 3. The largest absolute Gasteiger partial charge is 0.369 e. The number of amides is 1. The number of hydrogen-bond acceptors (Lipinski definition) is 8. The van der Waals surface area contributed by atoms with Crippen LogP contribution in [0, 0.1) is 6.92 Å². The quantitative estimate of drug-likeness (QED) is 0.312. The summed E-state index contributed by atoms with van der Waals surface area (Å²) in [5, 5.41) is 9.57. The first-order valence-electron chi connectivity index (χ1n) is 10.9. The van der Waals surface area contributed by atoms with Crippen LogP contribution in [-0.2, 0) is 6.54 Å². The van der Waals surface area contributed by atoms with Crippen molar-refractivity contribution in [2.75, 3.05) is 25.5 Å². The Morgan fingerprint density at radius 1 is 1.09 bits per heavy atom. The Hall–Kier alpha value is -3.89. The van der Waals surface area contributed by atoms with Crippen LogP contribution in [0.2, 0.25) is 0 Å². The van der Waals surface area contributed by atoms with Gasteiger partial charge in [0.1, 0.15) is 16.2 Å². The summed E-state index contributed by atoms with van der Waals surface area (Å²) < 4.78 is 2.86. The predicted octanol–water partition coefficient (Wildman–Crippen LogP) is 2.72. The molecule has 5 rings (SSSR count). The van der Waals surface area contributed by atoms with Gasteiger partial charge in [-0.05, 0) is 38.2 Å². The fourth-order valence-corrected chi connectivity index (χ4v) is 4.95. The molecular weight excluding hydrogens is 450 g/mol. The van der Waals surface area contributed by atoms with Crippen LogP contribution >= 0.6 is 11.3 Å². The highest BCUT2D eigenvalue weighted by atomic mass is 32.1. The second kappa shape index (κ2) is 9.16. The van der Waals surface area contributed by atoms with E-state index in [1.54, 1.807) is 24.5 Å². The maximum Gasteiger partial charge on any atom is 0.258 e. The van der Waals surface area contributed by atoms with Crippen molar-refractivity contribution in [2.24, 2.45) is 0 Å². The summed E-state index contributed by atoms with van der Waals surface area (Å²) in [6.45, 7) is 3.49. The van der Waals surface area contributed by atoms with E-state index < -0.39 is 5.91 Å². The molecule has 5 aromatic rings. The molecule has 4 aromatic heterocycles. The maximum atomic E-state index is 13.5. The predicted molar refractivity (Wildman–Crippen MR) is 135 cm³/mol. The summed E-state index contributed by atoms with van der Waals surface area (Å²) in [7, 11) is 1.88. The first-order valence-corrected chi connectivity index (χ1v) is 11.7. The molecule has 4 heterocycles. The van der Waals surface area contributed by atoms with Gasteiger partial charge in [-0.3, -0.25) is 24.0 Å². The van der Waals surface area contributed by atoms with Crippen molar-refractivity contribution in [3.8, 4) is 0 Å². The van der Waals surface area contributed by atoms with Crippen LogP contribution in [0.4, 0.5) is 5.82 Å². The minimum Gasteiger partial charge on any atom is -0.369 e. The molecule has 0 spiro atoms. The van der Waals surface area contributed by atoms with E-state index in [0.29, 0.717) is 33.9 Å². The molecule has 34 heavy (non-hydrogen) atoms. The Morgan fingerprint density at radius 2 is 1.94 bits per heavy atom. The number of carbonyl (C=O) groups is 1. The van der Waals surface area contributed by atoms with E-state index in [1.165, 1.54) is 11.3 Å². The fraction of sp³-hybridized carbons (Fsp3) is 0.208. The number of likely N-dealkylation sites (N-methyl/N-ethyl adjacent to an activating group) is 1. The molecule has 172 valence electrons. The van der Waals surface area contributed by atoms with Crippen molar-refractivity contribution in [3.05, 3.63) is 76.0 Å². The molecule has 0 fully saturated rings. The molecule has 0 bridgehead atoms.